The van der Waals surface area contributed by atoms with Crippen LogP contribution in [0.5, 0.6) is 0 Å². The summed E-state index contributed by atoms with van der Waals surface area (Å²) in [7, 11) is 0. The van der Waals surface area contributed by atoms with E-state index in [1.54, 1.807) is 0 Å². The minimum absolute atomic E-state index is 0. The zero-order valence-corrected chi connectivity index (χ0v) is 22.0. The van der Waals surface area contributed by atoms with Gasteiger partial charge in [0, 0.05) is 17.1 Å². The Morgan fingerprint density at radius 1 is 0.970 bits per heavy atom. The fraction of sp³-hybridized carbons (Fsp3) is 0.385. The SMILES string of the molecule is CC(C)=Cc1cc(C)cc(N)n1.Cc1cc(CC(C)C)nc(-n2c(C)ccc2C)c1.N.OCl. The Kier molecular flexibility index (Phi) is 13.3. The topological polar surface area (TPSA) is 112 Å². The van der Waals surface area contributed by atoms with Gasteiger partial charge in [-0.05, 0) is 107 Å². The third-order valence-electron chi connectivity index (χ3n) is 4.57. The minimum Gasteiger partial charge on any atom is -0.384 e. The fourth-order valence-corrected chi connectivity index (χ4v) is 3.48. The van der Waals surface area contributed by atoms with Crippen molar-refractivity contribution in [3.8, 4) is 5.82 Å². The maximum absolute atomic E-state index is 6.47. The largest absolute Gasteiger partial charge is 0.384 e. The van der Waals surface area contributed by atoms with E-state index in [4.69, 9.17) is 15.4 Å². The van der Waals surface area contributed by atoms with Gasteiger partial charge >= 0.3 is 0 Å². The predicted octanol–water partition coefficient (Wildman–Crippen LogP) is 6.69. The molecule has 3 aromatic heterocycles. The van der Waals surface area contributed by atoms with E-state index in [-0.39, 0.29) is 6.15 Å². The number of rotatable bonds is 4. The average molecular weight is 474 g/mol. The van der Waals surface area contributed by atoms with Gasteiger partial charge in [-0.1, -0.05) is 19.4 Å². The van der Waals surface area contributed by atoms with Crippen LogP contribution in [0.4, 0.5) is 5.82 Å². The number of nitrogen functional groups attached to an aromatic ring is 1. The van der Waals surface area contributed by atoms with Crippen molar-refractivity contribution in [3.05, 3.63) is 75.9 Å². The van der Waals surface area contributed by atoms with Gasteiger partial charge in [0.05, 0.1) is 17.6 Å². The molecule has 0 spiro atoms. The maximum Gasteiger partial charge on any atom is 0.137 e. The predicted molar refractivity (Wildman–Crippen MR) is 142 cm³/mol. The first kappa shape index (κ1) is 30.3. The van der Waals surface area contributed by atoms with Crippen molar-refractivity contribution in [2.45, 2.75) is 61.8 Å². The van der Waals surface area contributed by atoms with Crippen LogP contribution in [0.15, 0.2) is 42.0 Å². The Morgan fingerprint density at radius 3 is 2.00 bits per heavy atom. The molecule has 3 aromatic rings. The van der Waals surface area contributed by atoms with Gasteiger partial charge in [0.25, 0.3) is 0 Å². The molecule has 7 heteroatoms. The summed E-state index contributed by atoms with van der Waals surface area (Å²) in [4.78, 5) is 8.98. The summed E-state index contributed by atoms with van der Waals surface area (Å²) < 4.78 is 8.69. The van der Waals surface area contributed by atoms with Gasteiger partial charge in [-0.3, -0.25) is 4.66 Å². The first-order valence-electron chi connectivity index (χ1n) is 10.7. The summed E-state index contributed by atoms with van der Waals surface area (Å²) in [6.45, 7) is 17.0. The second kappa shape index (κ2) is 14.5. The number of aryl methyl sites for hydroxylation is 4. The molecule has 6 nitrogen and oxygen atoms in total. The minimum atomic E-state index is 0. The third kappa shape index (κ3) is 10.2. The van der Waals surface area contributed by atoms with E-state index in [9.17, 15) is 0 Å². The van der Waals surface area contributed by atoms with Crippen LogP contribution in [0.3, 0.4) is 0 Å². The van der Waals surface area contributed by atoms with Gasteiger partial charge in [0.15, 0.2) is 0 Å². The van der Waals surface area contributed by atoms with Crippen LogP contribution in [-0.2, 0) is 6.42 Å². The Bertz CT molecular complexity index is 997. The summed E-state index contributed by atoms with van der Waals surface area (Å²) in [6, 6.07) is 12.5. The highest BCUT2D eigenvalue weighted by atomic mass is 35.5. The lowest BCUT2D eigenvalue weighted by Crippen LogP contribution is -2.06. The Morgan fingerprint density at radius 2 is 1.52 bits per heavy atom. The molecule has 0 aliphatic rings. The van der Waals surface area contributed by atoms with Gasteiger partial charge in [0.2, 0.25) is 0 Å². The molecule has 0 atom stereocenters. The molecule has 0 amide bonds. The van der Waals surface area contributed by atoms with E-state index in [0.717, 1.165) is 23.5 Å². The van der Waals surface area contributed by atoms with Gasteiger partial charge < -0.3 is 16.5 Å². The number of pyridine rings is 2. The summed E-state index contributed by atoms with van der Waals surface area (Å²) in [5.41, 5.74) is 13.9. The van der Waals surface area contributed by atoms with Gasteiger partial charge in [-0.25, -0.2) is 9.97 Å². The molecule has 3 heterocycles. The Labute approximate surface area is 204 Å². The summed E-state index contributed by atoms with van der Waals surface area (Å²) in [6.07, 6.45) is 3.05. The molecular weight excluding hydrogens is 434 g/mol. The quantitative estimate of drug-likeness (QED) is 0.390. The number of hydrogen-bond acceptors (Lipinski definition) is 5. The van der Waals surface area contributed by atoms with Crippen molar-refractivity contribution in [3.63, 3.8) is 0 Å². The second-order valence-corrected chi connectivity index (χ2v) is 8.76. The zero-order valence-electron chi connectivity index (χ0n) is 21.3. The smallest absolute Gasteiger partial charge is 0.137 e. The number of anilines is 1. The normalized spacial score (nSPS) is 9.79. The third-order valence-corrected chi connectivity index (χ3v) is 4.57. The molecule has 0 saturated heterocycles. The molecule has 6 N–H and O–H groups in total. The molecule has 0 aromatic carbocycles. The summed E-state index contributed by atoms with van der Waals surface area (Å²) in [5.74, 6) is 2.27. The van der Waals surface area contributed by atoms with Crippen molar-refractivity contribution < 1.29 is 4.66 Å². The van der Waals surface area contributed by atoms with Crippen molar-refractivity contribution in [1.82, 2.24) is 20.7 Å². The van der Waals surface area contributed by atoms with Crippen LogP contribution in [0, 0.1) is 33.6 Å². The maximum atomic E-state index is 6.47. The van der Waals surface area contributed by atoms with E-state index >= 15 is 0 Å². The zero-order chi connectivity index (χ0) is 24.4. The molecular formula is C26H40ClN5O. The van der Waals surface area contributed by atoms with Gasteiger partial charge in [0.1, 0.15) is 11.6 Å². The van der Waals surface area contributed by atoms with Crippen LogP contribution in [0.1, 0.15) is 61.6 Å². The number of nitrogens with two attached hydrogens (primary N) is 1. The number of hydrogen-bond donors (Lipinski definition) is 3. The van der Waals surface area contributed by atoms with Gasteiger partial charge in [-0.2, -0.15) is 0 Å². The van der Waals surface area contributed by atoms with E-state index in [1.807, 2.05) is 39.0 Å². The monoisotopic (exact) mass is 473 g/mol. The molecule has 3 rings (SSSR count). The average Bonchev–Trinajstić information content (AvgIpc) is 3.00. The standard InChI is InChI=1S/C16H22N2.C10H14N2.ClHO.H3N/c1-11(2)8-15-9-12(3)10-16(17-15)18-13(4)6-7-14(18)5;1-7(2)4-9-5-8(3)6-10(11)12-9;1-2;/h6-7,9-11H,8H2,1-5H3;4-6H,1-3H3,(H2,11,12);2H;1H3. The molecule has 0 aliphatic heterocycles. The Balaban J connectivity index is 0.000000599. The molecule has 33 heavy (non-hydrogen) atoms. The van der Waals surface area contributed by atoms with E-state index in [1.165, 1.54) is 28.2 Å². The summed E-state index contributed by atoms with van der Waals surface area (Å²) in [5, 5.41) is 0. The lowest BCUT2D eigenvalue weighted by atomic mass is 10.1. The molecule has 0 fully saturated rings. The van der Waals surface area contributed by atoms with Crippen molar-refractivity contribution in [2.24, 2.45) is 5.92 Å². The second-order valence-electron chi connectivity index (χ2n) is 8.76. The number of aromatic nitrogens is 3. The van der Waals surface area contributed by atoms with Crippen molar-refractivity contribution >= 4 is 23.8 Å². The van der Waals surface area contributed by atoms with Crippen molar-refractivity contribution in [1.29, 1.82) is 0 Å². The highest BCUT2D eigenvalue weighted by Gasteiger charge is 2.08. The fourth-order valence-electron chi connectivity index (χ4n) is 3.48. The first-order valence-corrected chi connectivity index (χ1v) is 11.1. The molecule has 182 valence electrons. The number of halogens is 1. The number of nitrogens with zero attached hydrogens (tertiary/aromatic N) is 3. The van der Waals surface area contributed by atoms with Crippen LogP contribution in [-0.4, -0.2) is 19.2 Å². The molecule has 0 bridgehead atoms. The van der Waals surface area contributed by atoms with E-state index in [0.29, 0.717) is 11.7 Å². The van der Waals surface area contributed by atoms with Gasteiger partial charge in [-0.15, -0.1) is 0 Å². The van der Waals surface area contributed by atoms with Crippen LogP contribution >= 0.6 is 11.9 Å². The van der Waals surface area contributed by atoms with Crippen LogP contribution in [0.25, 0.3) is 11.9 Å². The lowest BCUT2D eigenvalue weighted by molar-refractivity contribution is 0.632. The molecule has 0 unspecified atom stereocenters. The molecule has 0 aliphatic carbocycles. The molecule has 0 radical (unpaired) electrons. The Hall–Kier alpha value is -2.67. The number of allylic oxidation sites excluding steroid dienone is 1. The van der Waals surface area contributed by atoms with E-state index in [2.05, 4.69) is 80.3 Å². The molecule has 0 saturated carbocycles. The van der Waals surface area contributed by atoms with Crippen LogP contribution in [0.2, 0.25) is 0 Å². The highest BCUT2D eigenvalue weighted by molar-refractivity contribution is 6.04. The van der Waals surface area contributed by atoms with Crippen LogP contribution < -0.4 is 11.9 Å². The first-order chi connectivity index (χ1) is 15.0. The van der Waals surface area contributed by atoms with Crippen molar-refractivity contribution in [2.75, 3.05) is 5.73 Å². The van der Waals surface area contributed by atoms with E-state index < -0.39 is 0 Å². The highest BCUT2D eigenvalue weighted by Crippen LogP contribution is 2.18. The lowest BCUT2D eigenvalue weighted by Gasteiger charge is -2.12. The summed E-state index contributed by atoms with van der Waals surface area (Å²) >= 11 is 3.64.